The fraction of sp³-hybridized carbons (Fsp3) is 0.0667. The van der Waals surface area contributed by atoms with E-state index in [-0.39, 0.29) is 6.10 Å². The number of hydrogen-bond donors (Lipinski definition) is 0. The fourth-order valence-electron chi connectivity index (χ4n) is 1.94. The first-order valence-electron chi connectivity index (χ1n) is 5.52. The molecule has 84 valence electrons. The molecule has 1 nitrogen and oxygen atoms in total. The van der Waals surface area contributed by atoms with Crippen LogP contribution in [0, 0.1) is 0 Å². The molecular weight excluding hydrogens is 276 g/mol. The molecule has 1 atom stereocenters. The lowest BCUT2D eigenvalue weighted by atomic mass is 10.0. The molecule has 0 radical (unpaired) electrons. The van der Waals surface area contributed by atoms with Crippen LogP contribution in [-0.2, 0) is 0 Å². The van der Waals surface area contributed by atoms with E-state index >= 15 is 0 Å². The largest absolute Gasteiger partial charge is 0.481 e. The Balaban J connectivity index is 1.95. The third kappa shape index (κ3) is 2.13. The van der Waals surface area contributed by atoms with Crippen molar-refractivity contribution < 1.29 is 4.74 Å². The first-order valence-corrected chi connectivity index (χ1v) is 6.31. The molecule has 0 aromatic heterocycles. The van der Waals surface area contributed by atoms with E-state index in [1.807, 2.05) is 30.3 Å². The van der Waals surface area contributed by atoms with Crippen molar-refractivity contribution in [2.45, 2.75) is 6.10 Å². The van der Waals surface area contributed by atoms with Gasteiger partial charge in [0.15, 0.2) is 0 Å². The topological polar surface area (TPSA) is 9.23 Å². The van der Waals surface area contributed by atoms with Gasteiger partial charge in [-0.1, -0.05) is 58.4 Å². The quantitative estimate of drug-likeness (QED) is 0.745. The Morgan fingerprint density at radius 2 is 1.82 bits per heavy atom. The Kier molecular flexibility index (Phi) is 2.73. The minimum atomic E-state index is 0.0120. The zero-order valence-corrected chi connectivity index (χ0v) is 10.7. The molecule has 0 amide bonds. The van der Waals surface area contributed by atoms with Crippen molar-refractivity contribution in [2.24, 2.45) is 0 Å². The Morgan fingerprint density at radius 1 is 1.00 bits per heavy atom. The molecule has 0 spiro atoms. The summed E-state index contributed by atoms with van der Waals surface area (Å²) in [5.41, 5.74) is 2.30. The highest BCUT2D eigenvalue weighted by Crippen LogP contribution is 2.34. The van der Waals surface area contributed by atoms with Gasteiger partial charge in [0.05, 0.1) is 0 Å². The van der Waals surface area contributed by atoms with Crippen LogP contribution < -0.4 is 4.74 Å². The van der Waals surface area contributed by atoms with Gasteiger partial charge < -0.3 is 4.74 Å². The van der Waals surface area contributed by atoms with E-state index < -0.39 is 0 Å². The molecular formula is C15H11BrO. The van der Waals surface area contributed by atoms with Crippen LogP contribution in [0.4, 0.5) is 0 Å². The van der Waals surface area contributed by atoms with E-state index in [1.54, 1.807) is 0 Å². The Bertz CT molecular complexity index is 560. The molecule has 1 aliphatic heterocycles. The lowest BCUT2D eigenvalue weighted by Gasteiger charge is -2.21. The summed E-state index contributed by atoms with van der Waals surface area (Å²) < 4.78 is 7.02. The zero-order valence-electron chi connectivity index (χ0n) is 9.14. The second-order valence-electron chi connectivity index (χ2n) is 3.99. The number of hydrogen-bond acceptors (Lipinski definition) is 1. The van der Waals surface area contributed by atoms with Gasteiger partial charge in [-0.2, -0.15) is 0 Å². The molecule has 0 N–H and O–H groups in total. The van der Waals surface area contributed by atoms with Crippen molar-refractivity contribution >= 4 is 22.0 Å². The predicted molar refractivity (Wildman–Crippen MR) is 73.0 cm³/mol. The van der Waals surface area contributed by atoms with Crippen molar-refractivity contribution in [3.05, 3.63) is 70.2 Å². The maximum atomic E-state index is 5.98. The van der Waals surface area contributed by atoms with E-state index in [0.717, 1.165) is 15.8 Å². The highest BCUT2D eigenvalue weighted by molar-refractivity contribution is 9.10. The molecule has 0 fully saturated rings. The van der Waals surface area contributed by atoms with Gasteiger partial charge in [0, 0.05) is 10.0 Å². The molecule has 2 aromatic carbocycles. The van der Waals surface area contributed by atoms with Gasteiger partial charge in [-0.3, -0.25) is 0 Å². The van der Waals surface area contributed by atoms with Crippen molar-refractivity contribution in [3.8, 4) is 5.75 Å². The standard InChI is InChI=1S/C15H11BrO/c16-13-8-6-12-7-9-14(17-15(12)10-13)11-4-2-1-3-5-11/h1-10,14H/t14-/m1/s1. The number of halogens is 1. The van der Waals surface area contributed by atoms with Crippen molar-refractivity contribution in [3.63, 3.8) is 0 Å². The van der Waals surface area contributed by atoms with E-state index in [2.05, 4.69) is 46.3 Å². The smallest absolute Gasteiger partial charge is 0.142 e. The second-order valence-corrected chi connectivity index (χ2v) is 4.91. The van der Waals surface area contributed by atoms with Gasteiger partial charge in [0.2, 0.25) is 0 Å². The molecule has 1 heterocycles. The number of fused-ring (bicyclic) bond motifs is 1. The van der Waals surface area contributed by atoms with Gasteiger partial charge in [-0.25, -0.2) is 0 Å². The number of ether oxygens (including phenoxy) is 1. The number of rotatable bonds is 1. The van der Waals surface area contributed by atoms with Crippen molar-refractivity contribution in [1.29, 1.82) is 0 Å². The maximum Gasteiger partial charge on any atom is 0.142 e. The van der Waals surface area contributed by atoms with Gasteiger partial charge in [0.1, 0.15) is 11.9 Å². The van der Waals surface area contributed by atoms with Gasteiger partial charge >= 0.3 is 0 Å². The zero-order chi connectivity index (χ0) is 11.7. The van der Waals surface area contributed by atoms with E-state index in [4.69, 9.17) is 4.74 Å². The molecule has 0 aliphatic carbocycles. The molecule has 3 rings (SSSR count). The summed E-state index contributed by atoms with van der Waals surface area (Å²) >= 11 is 3.46. The predicted octanol–water partition coefficient (Wildman–Crippen LogP) is 4.60. The SMILES string of the molecule is Brc1ccc2c(c1)O[C@@H](c1ccccc1)C=C2. The van der Waals surface area contributed by atoms with E-state index in [0.29, 0.717) is 0 Å². The third-order valence-electron chi connectivity index (χ3n) is 2.81. The van der Waals surface area contributed by atoms with Crippen molar-refractivity contribution in [2.75, 3.05) is 0 Å². The van der Waals surface area contributed by atoms with Crippen LogP contribution in [0.5, 0.6) is 5.75 Å². The maximum absolute atomic E-state index is 5.98. The van der Waals surface area contributed by atoms with Crippen LogP contribution >= 0.6 is 15.9 Å². The summed E-state index contributed by atoms with van der Waals surface area (Å²) in [6, 6.07) is 16.3. The van der Waals surface area contributed by atoms with Crippen LogP contribution in [0.3, 0.4) is 0 Å². The molecule has 1 aliphatic rings. The summed E-state index contributed by atoms with van der Waals surface area (Å²) in [5.74, 6) is 0.927. The van der Waals surface area contributed by atoms with Gasteiger partial charge in [0.25, 0.3) is 0 Å². The fourth-order valence-corrected chi connectivity index (χ4v) is 2.28. The Labute approximate surface area is 109 Å². The van der Waals surface area contributed by atoms with Crippen LogP contribution in [0.1, 0.15) is 17.2 Å². The molecule has 2 aromatic rings. The molecule has 0 saturated heterocycles. The average Bonchev–Trinajstić information content (AvgIpc) is 2.39. The minimum Gasteiger partial charge on any atom is -0.481 e. The van der Waals surface area contributed by atoms with Crippen LogP contribution in [0.2, 0.25) is 0 Å². The highest BCUT2D eigenvalue weighted by Gasteiger charge is 2.16. The molecule has 2 heteroatoms. The normalized spacial score (nSPS) is 17.4. The summed E-state index contributed by atoms with van der Waals surface area (Å²) in [7, 11) is 0. The highest BCUT2D eigenvalue weighted by atomic mass is 79.9. The van der Waals surface area contributed by atoms with E-state index in [9.17, 15) is 0 Å². The second kappa shape index (κ2) is 4.38. The summed E-state index contributed by atoms with van der Waals surface area (Å²) in [4.78, 5) is 0. The average molecular weight is 287 g/mol. The monoisotopic (exact) mass is 286 g/mol. The van der Waals surface area contributed by atoms with Crippen LogP contribution in [-0.4, -0.2) is 0 Å². The summed E-state index contributed by atoms with van der Waals surface area (Å²) in [6.45, 7) is 0. The minimum absolute atomic E-state index is 0.0120. The molecule has 0 bridgehead atoms. The summed E-state index contributed by atoms with van der Waals surface area (Å²) in [5, 5.41) is 0. The van der Waals surface area contributed by atoms with Crippen molar-refractivity contribution in [1.82, 2.24) is 0 Å². The first-order chi connectivity index (χ1) is 8.33. The number of benzene rings is 2. The molecule has 17 heavy (non-hydrogen) atoms. The van der Waals surface area contributed by atoms with Gasteiger partial charge in [-0.15, -0.1) is 0 Å². The van der Waals surface area contributed by atoms with E-state index in [1.165, 1.54) is 5.56 Å². The summed E-state index contributed by atoms with van der Waals surface area (Å²) in [6.07, 6.45) is 4.21. The lowest BCUT2D eigenvalue weighted by Crippen LogP contribution is -2.08. The Morgan fingerprint density at radius 3 is 2.65 bits per heavy atom. The Hall–Kier alpha value is -1.54. The van der Waals surface area contributed by atoms with Gasteiger partial charge in [-0.05, 0) is 23.8 Å². The molecule has 0 unspecified atom stereocenters. The lowest BCUT2D eigenvalue weighted by molar-refractivity contribution is 0.251. The molecule has 0 saturated carbocycles. The van der Waals surface area contributed by atoms with Crippen LogP contribution in [0.25, 0.3) is 6.08 Å². The third-order valence-corrected chi connectivity index (χ3v) is 3.30. The van der Waals surface area contributed by atoms with Crippen LogP contribution in [0.15, 0.2) is 59.1 Å². The first kappa shape index (κ1) is 10.6.